The van der Waals surface area contributed by atoms with Crippen molar-refractivity contribution in [3.05, 3.63) is 0 Å². The van der Waals surface area contributed by atoms with Gasteiger partial charge < -0.3 is 41.9 Å². The van der Waals surface area contributed by atoms with Crippen molar-refractivity contribution >= 4 is 193 Å². The van der Waals surface area contributed by atoms with Crippen LogP contribution in [0.3, 0.4) is 0 Å². The fourth-order valence-corrected chi connectivity index (χ4v) is 0. The summed E-state index contributed by atoms with van der Waals surface area (Å²) in [6.07, 6.45) is 0. The predicted octanol–water partition coefficient (Wildman–Crippen LogP) is -7.70. The van der Waals surface area contributed by atoms with Gasteiger partial charge in [-0.2, -0.15) is 0 Å². The van der Waals surface area contributed by atoms with Gasteiger partial charge >= 0.3 is 151 Å². The third kappa shape index (κ3) is 995. The van der Waals surface area contributed by atoms with Crippen LogP contribution in [0.15, 0.2) is 0 Å². The summed E-state index contributed by atoms with van der Waals surface area (Å²) < 4.78 is 136. The quantitative estimate of drug-likeness (QED) is 0.150. The van der Waals surface area contributed by atoms with Gasteiger partial charge in [-0.3, -0.25) is 33.7 Å². The smallest absolute Gasteiger partial charge is 0.759 e. The molecule has 0 aliphatic carbocycles. The summed E-state index contributed by atoms with van der Waals surface area (Å²) >= 11 is 0. The Balaban J connectivity index is -0.0000000183. The maximum absolute atomic E-state index is 8.52. The van der Waals surface area contributed by atoms with E-state index in [9.17, 15) is 0 Å². The van der Waals surface area contributed by atoms with Crippen LogP contribution in [-0.2, 0) is 41.6 Å². The fraction of sp³-hybridized carbons (Fsp3) is 0. The maximum Gasteiger partial charge on any atom is 2.00 e. The summed E-state index contributed by atoms with van der Waals surface area (Å²) in [6.45, 7) is 0. The first-order valence-corrected chi connectivity index (χ1v) is 8.00. The van der Waals surface area contributed by atoms with E-state index in [0.29, 0.717) is 0 Å². The minimum absolute atomic E-state index is 0. The molecule has 0 bridgehead atoms. The molecule has 25 heavy (non-hydrogen) atoms. The van der Waals surface area contributed by atoms with Gasteiger partial charge in [0.1, 0.15) is 0 Å². The van der Waals surface area contributed by atoms with Gasteiger partial charge in [-0.25, -0.2) is 0 Å². The van der Waals surface area contributed by atoms with Crippen LogP contribution in [-0.4, -0.2) is 227 Å². The summed E-state index contributed by atoms with van der Waals surface area (Å²) in [5.41, 5.74) is 0. The minimum atomic E-state index is -5.17. The third-order valence-corrected chi connectivity index (χ3v) is 0. The molecule has 0 aromatic rings. The SMILES string of the molecule is O.O=S(=O)([O-])[O-].O=S(=O)([O-])[O-].O=S(=O)([O-])[O-].O=S(=O)([O-])[O-].[Ca+2].[Ca+2].[Ca+2].[Ca+2]. The molecule has 0 saturated carbocycles. The number of rotatable bonds is 0. The van der Waals surface area contributed by atoms with Crippen LogP contribution in [0.2, 0.25) is 0 Å². The van der Waals surface area contributed by atoms with Crippen LogP contribution < -0.4 is 0 Å². The van der Waals surface area contributed by atoms with Crippen LogP contribution in [0.25, 0.3) is 0 Å². The molecule has 0 aromatic carbocycles. The fourth-order valence-electron chi connectivity index (χ4n) is 0. The van der Waals surface area contributed by atoms with Crippen molar-refractivity contribution in [3.63, 3.8) is 0 Å². The molecule has 0 radical (unpaired) electrons. The molecule has 0 heterocycles. The van der Waals surface area contributed by atoms with Crippen molar-refractivity contribution in [1.82, 2.24) is 0 Å². The Kier molecular flexibility index (Phi) is 60.5. The van der Waals surface area contributed by atoms with Crippen molar-refractivity contribution < 1.29 is 75.6 Å². The Hall–Kier alpha value is 4.48. The molecule has 2 N–H and O–H groups in total. The standard InChI is InChI=1S/4Ca.4H2O4S.H2O/c;;;;4*1-5(2,3)4;/h;;;;4*(H2,1,2,3,4);1H2/q4*+2;;;;;/p-8. The summed E-state index contributed by atoms with van der Waals surface area (Å²) in [4.78, 5) is 0. The number of hydrogen-bond acceptors (Lipinski definition) is 16. The molecule has 0 atom stereocenters. The normalized spacial score (nSPS) is 9.28. The molecular weight excluding hydrogens is 561 g/mol. The molecule has 0 aromatic heterocycles. The minimum Gasteiger partial charge on any atom is -0.759 e. The average Bonchev–Trinajstić information content (AvgIpc) is 1.62. The van der Waals surface area contributed by atoms with E-state index in [0.717, 1.165) is 0 Å². The molecule has 136 valence electrons. The summed E-state index contributed by atoms with van der Waals surface area (Å²) in [6, 6.07) is 0. The molecular formula is H2Ca4O17S4. The van der Waals surface area contributed by atoms with Gasteiger partial charge in [-0.1, -0.05) is 0 Å². The molecule has 0 rings (SSSR count). The first-order chi connectivity index (χ1) is 8.00. The second kappa shape index (κ2) is 26.5. The summed E-state index contributed by atoms with van der Waals surface area (Å²) in [5, 5.41) is 0. The van der Waals surface area contributed by atoms with E-state index in [1.54, 1.807) is 0 Å². The molecule has 0 aliphatic heterocycles. The Bertz CT molecular complexity index is 483. The third-order valence-electron chi connectivity index (χ3n) is 0. The average molecular weight is 563 g/mol. The van der Waals surface area contributed by atoms with Crippen molar-refractivity contribution in [3.8, 4) is 0 Å². The molecule has 0 aliphatic rings. The van der Waals surface area contributed by atoms with Gasteiger partial charge in [-0.15, -0.1) is 0 Å². The van der Waals surface area contributed by atoms with Gasteiger partial charge in [0.2, 0.25) is 0 Å². The zero-order valence-corrected chi connectivity index (χ0v) is 23.6. The van der Waals surface area contributed by atoms with Crippen molar-refractivity contribution in [2.45, 2.75) is 0 Å². The van der Waals surface area contributed by atoms with Crippen molar-refractivity contribution in [2.24, 2.45) is 0 Å². The zero-order chi connectivity index (χ0) is 18.0. The van der Waals surface area contributed by atoms with E-state index in [1.165, 1.54) is 0 Å². The van der Waals surface area contributed by atoms with Crippen molar-refractivity contribution in [1.29, 1.82) is 0 Å². The second-order valence-electron chi connectivity index (χ2n) is 1.63. The molecule has 0 amide bonds. The monoisotopic (exact) mass is 562 g/mol. The molecule has 0 spiro atoms. The van der Waals surface area contributed by atoms with Gasteiger partial charge in [0.05, 0.1) is 0 Å². The van der Waals surface area contributed by atoms with E-state index in [4.69, 9.17) is 70.1 Å². The van der Waals surface area contributed by atoms with Crippen LogP contribution in [0.5, 0.6) is 0 Å². The van der Waals surface area contributed by atoms with Crippen LogP contribution in [0.4, 0.5) is 0 Å². The summed E-state index contributed by atoms with van der Waals surface area (Å²) in [7, 11) is -20.7. The van der Waals surface area contributed by atoms with Gasteiger partial charge in [0, 0.05) is 41.6 Å². The van der Waals surface area contributed by atoms with E-state index < -0.39 is 41.6 Å². The molecule has 25 heteroatoms. The Morgan fingerprint density at radius 3 is 0.320 bits per heavy atom. The second-order valence-corrected chi connectivity index (χ2v) is 4.90. The van der Waals surface area contributed by atoms with Gasteiger partial charge in [0.15, 0.2) is 0 Å². The van der Waals surface area contributed by atoms with E-state index >= 15 is 0 Å². The molecule has 0 saturated heterocycles. The predicted molar refractivity (Wildman–Crippen MR) is 68.5 cm³/mol. The maximum atomic E-state index is 8.52. The van der Waals surface area contributed by atoms with Crippen LogP contribution >= 0.6 is 0 Å². The Morgan fingerprint density at radius 1 is 0.320 bits per heavy atom. The zero-order valence-electron chi connectivity index (χ0n) is 11.5. The first-order valence-electron chi connectivity index (χ1n) is 2.67. The van der Waals surface area contributed by atoms with Gasteiger partial charge in [0.25, 0.3) is 0 Å². The topological polar surface area (TPSA) is 353 Å². The van der Waals surface area contributed by atoms with E-state index in [2.05, 4.69) is 0 Å². The Labute approximate surface area is 262 Å². The van der Waals surface area contributed by atoms with Crippen LogP contribution in [0.1, 0.15) is 0 Å². The van der Waals surface area contributed by atoms with E-state index in [-0.39, 0.29) is 156 Å². The molecule has 0 fully saturated rings. The van der Waals surface area contributed by atoms with Crippen LogP contribution in [0, 0.1) is 0 Å². The van der Waals surface area contributed by atoms with E-state index in [1.807, 2.05) is 0 Å². The summed E-state index contributed by atoms with van der Waals surface area (Å²) in [5.74, 6) is 0. The molecule has 17 nitrogen and oxygen atoms in total. The van der Waals surface area contributed by atoms with Gasteiger partial charge in [-0.05, 0) is 0 Å². The first kappa shape index (κ1) is 57.0. The molecule has 0 unspecified atom stereocenters. The Morgan fingerprint density at radius 2 is 0.320 bits per heavy atom. The largest absolute Gasteiger partial charge is 2.00 e. The number of hydrogen-bond donors (Lipinski definition) is 0. The van der Waals surface area contributed by atoms with Crippen molar-refractivity contribution in [2.75, 3.05) is 0 Å².